The molecule has 1 heterocycles. The third-order valence-electron chi connectivity index (χ3n) is 3.15. The van der Waals surface area contributed by atoms with Crippen molar-refractivity contribution in [2.45, 2.75) is 33.3 Å². The first-order valence-electron chi connectivity index (χ1n) is 5.76. The van der Waals surface area contributed by atoms with Gasteiger partial charge in [0.25, 0.3) is 0 Å². The molecule has 0 spiro atoms. The van der Waals surface area contributed by atoms with E-state index in [0.29, 0.717) is 13.2 Å². The topological polar surface area (TPSA) is 96.9 Å². The monoisotopic (exact) mass is 243 g/mol. The van der Waals surface area contributed by atoms with Gasteiger partial charge in [-0.1, -0.05) is 25.9 Å². The summed E-state index contributed by atoms with van der Waals surface area (Å²) in [5.41, 5.74) is 4.96. The molecular weight excluding hydrogens is 222 g/mol. The highest BCUT2D eigenvalue weighted by Crippen LogP contribution is 2.20. The van der Waals surface area contributed by atoms with Gasteiger partial charge in [0.2, 0.25) is 5.91 Å². The second-order valence-corrected chi connectivity index (χ2v) is 5.14. The lowest BCUT2D eigenvalue weighted by Crippen LogP contribution is -2.46. The number of carbonyl (C=O) groups excluding carboxylic acids is 1. The number of amides is 1. The van der Waals surface area contributed by atoms with E-state index in [9.17, 15) is 4.79 Å². The zero-order valence-corrected chi connectivity index (χ0v) is 10.6. The van der Waals surface area contributed by atoms with E-state index >= 15 is 0 Å². The van der Waals surface area contributed by atoms with Crippen LogP contribution >= 0.6 is 0 Å². The molecule has 0 bridgehead atoms. The van der Waals surface area contributed by atoms with Crippen LogP contribution in [0.2, 0.25) is 0 Å². The molecule has 17 heavy (non-hydrogen) atoms. The molecule has 0 saturated carbocycles. The van der Waals surface area contributed by atoms with Crippen molar-refractivity contribution < 1.29 is 14.7 Å². The van der Waals surface area contributed by atoms with E-state index in [1.165, 1.54) is 0 Å². The van der Waals surface area contributed by atoms with Gasteiger partial charge in [-0.2, -0.15) is 0 Å². The fourth-order valence-corrected chi connectivity index (χ4v) is 1.67. The SMILES string of the molecule is CC1CCOC1C(=O)NCC(C)(C)C(N)=NO. The molecule has 0 aromatic carbocycles. The van der Waals surface area contributed by atoms with Gasteiger partial charge in [0.05, 0.1) is 0 Å². The lowest BCUT2D eigenvalue weighted by atomic mass is 9.92. The van der Waals surface area contributed by atoms with Crippen LogP contribution in [0.15, 0.2) is 5.16 Å². The van der Waals surface area contributed by atoms with Gasteiger partial charge in [-0.25, -0.2) is 0 Å². The summed E-state index contributed by atoms with van der Waals surface area (Å²) in [7, 11) is 0. The van der Waals surface area contributed by atoms with Crippen molar-refractivity contribution in [1.29, 1.82) is 0 Å². The minimum Gasteiger partial charge on any atom is -0.409 e. The molecule has 6 heteroatoms. The summed E-state index contributed by atoms with van der Waals surface area (Å²) < 4.78 is 5.36. The largest absolute Gasteiger partial charge is 0.409 e. The standard InChI is InChI=1S/C11H21N3O3/c1-7-4-5-17-8(7)9(15)13-6-11(2,3)10(12)14-16/h7-8,16H,4-6H2,1-3H3,(H2,12,14)(H,13,15). The zero-order valence-electron chi connectivity index (χ0n) is 10.6. The van der Waals surface area contributed by atoms with Crippen LogP contribution in [0.1, 0.15) is 27.2 Å². The maximum absolute atomic E-state index is 11.8. The quantitative estimate of drug-likeness (QED) is 0.286. The van der Waals surface area contributed by atoms with Crippen LogP contribution < -0.4 is 11.1 Å². The Bertz CT molecular complexity index is 315. The van der Waals surface area contributed by atoms with Crippen molar-refractivity contribution in [3.05, 3.63) is 0 Å². The fraction of sp³-hybridized carbons (Fsp3) is 0.818. The first kappa shape index (κ1) is 13.8. The molecule has 2 unspecified atom stereocenters. The molecule has 1 fully saturated rings. The maximum Gasteiger partial charge on any atom is 0.249 e. The average molecular weight is 243 g/mol. The van der Waals surface area contributed by atoms with Crippen molar-refractivity contribution in [1.82, 2.24) is 5.32 Å². The van der Waals surface area contributed by atoms with E-state index in [0.717, 1.165) is 6.42 Å². The summed E-state index contributed by atoms with van der Waals surface area (Å²) in [6, 6.07) is 0. The van der Waals surface area contributed by atoms with E-state index < -0.39 is 5.41 Å². The Kier molecular flexibility index (Phi) is 4.34. The van der Waals surface area contributed by atoms with Gasteiger partial charge in [-0.05, 0) is 12.3 Å². The third-order valence-corrected chi connectivity index (χ3v) is 3.15. The molecule has 4 N–H and O–H groups in total. The second kappa shape index (κ2) is 5.35. The van der Waals surface area contributed by atoms with Gasteiger partial charge < -0.3 is 21.0 Å². The molecule has 0 radical (unpaired) electrons. The molecule has 1 aliphatic rings. The van der Waals surface area contributed by atoms with Crippen molar-refractivity contribution in [2.75, 3.05) is 13.2 Å². The molecule has 0 aromatic heterocycles. The number of nitrogens with one attached hydrogen (secondary N) is 1. The van der Waals surface area contributed by atoms with Crippen LogP contribution in [0, 0.1) is 11.3 Å². The summed E-state index contributed by atoms with van der Waals surface area (Å²) in [6.07, 6.45) is 0.528. The van der Waals surface area contributed by atoms with Gasteiger partial charge in [0, 0.05) is 18.6 Å². The molecule has 1 saturated heterocycles. The number of nitrogens with zero attached hydrogens (tertiary/aromatic N) is 1. The highest BCUT2D eigenvalue weighted by atomic mass is 16.5. The summed E-state index contributed by atoms with van der Waals surface area (Å²) in [4.78, 5) is 11.8. The number of carbonyl (C=O) groups is 1. The van der Waals surface area contributed by atoms with E-state index in [2.05, 4.69) is 10.5 Å². The second-order valence-electron chi connectivity index (χ2n) is 5.14. The molecular formula is C11H21N3O3. The summed E-state index contributed by atoms with van der Waals surface area (Å²) in [6.45, 7) is 6.52. The number of amidine groups is 1. The van der Waals surface area contributed by atoms with Gasteiger partial charge in [0.1, 0.15) is 11.9 Å². The van der Waals surface area contributed by atoms with Gasteiger partial charge in [-0.3, -0.25) is 4.79 Å². The van der Waals surface area contributed by atoms with Crippen molar-refractivity contribution >= 4 is 11.7 Å². The highest BCUT2D eigenvalue weighted by molar-refractivity contribution is 5.87. The number of ether oxygens (including phenoxy) is 1. The zero-order chi connectivity index (χ0) is 13.1. The van der Waals surface area contributed by atoms with E-state index in [-0.39, 0.29) is 23.8 Å². The first-order valence-corrected chi connectivity index (χ1v) is 5.76. The predicted octanol–water partition coefficient (Wildman–Crippen LogP) is 0.300. The van der Waals surface area contributed by atoms with Crippen molar-refractivity contribution in [3.63, 3.8) is 0 Å². The molecule has 6 nitrogen and oxygen atoms in total. The van der Waals surface area contributed by atoms with Gasteiger partial charge in [-0.15, -0.1) is 0 Å². The highest BCUT2D eigenvalue weighted by Gasteiger charge is 2.32. The number of oxime groups is 1. The minimum absolute atomic E-state index is 0.0955. The molecule has 1 rings (SSSR count). The molecule has 1 aliphatic heterocycles. The lowest BCUT2D eigenvalue weighted by molar-refractivity contribution is -0.131. The maximum atomic E-state index is 11.8. The van der Waals surface area contributed by atoms with Gasteiger partial charge in [0.15, 0.2) is 0 Å². The Morgan fingerprint density at radius 2 is 2.29 bits per heavy atom. The molecule has 0 aliphatic carbocycles. The molecule has 0 aromatic rings. The van der Waals surface area contributed by atoms with Crippen LogP contribution in [0.4, 0.5) is 0 Å². The average Bonchev–Trinajstić information content (AvgIpc) is 2.71. The minimum atomic E-state index is -0.577. The fourth-order valence-electron chi connectivity index (χ4n) is 1.67. The van der Waals surface area contributed by atoms with Crippen LogP contribution in [-0.4, -0.2) is 36.2 Å². The Morgan fingerprint density at radius 3 is 2.76 bits per heavy atom. The van der Waals surface area contributed by atoms with E-state index in [4.69, 9.17) is 15.7 Å². The number of hydrogen-bond donors (Lipinski definition) is 3. The number of hydrogen-bond acceptors (Lipinski definition) is 4. The lowest BCUT2D eigenvalue weighted by Gasteiger charge is -2.24. The third kappa shape index (κ3) is 3.33. The Morgan fingerprint density at radius 1 is 1.65 bits per heavy atom. The summed E-state index contributed by atoms with van der Waals surface area (Å²) in [5, 5.41) is 14.4. The Hall–Kier alpha value is -1.30. The molecule has 1 amide bonds. The van der Waals surface area contributed by atoms with Crippen LogP contribution in [0.3, 0.4) is 0 Å². The van der Waals surface area contributed by atoms with Gasteiger partial charge >= 0.3 is 0 Å². The van der Waals surface area contributed by atoms with E-state index in [1.807, 2.05) is 6.92 Å². The molecule has 2 atom stereocenters. The summed E-state index contributed by atoms with van der Waals surface area (Å²) in [5.74, 6) is 0.203. The Balaban J connectivity index is 2.48. The van der Waals surface area contributed by atoms with Crippen LogP contribution in [-0.2, 0) is 9.53 Å². The first-order chi connectivity index (χ1) is 7.88. The van der Waals surface area contributed by atoms with Crippen molar-refractivity contribution in [3.8, 4) is 0 Å². The van der Waals surface area contributed by atoms with E-state index in [1.54, 1.807) is 13.8 Å². The summed E-state index contributed by atoms with van der Waals surface area (Å²) >= 11 is 0. The van der Waals surface area contributed by atoms with Crippen LogP contribution in [0.25, 0.3) is 0 Å². The normalized spacial score (nSPS) is 25.9. The molecule has 98 valence electrons. The smallest absolute Gasteiger partial charge is 0.249 e. The predicted molar refractivity (Wildman–Crippen MR) is 63.7 cm³/mol. The van der Waals surface area contributed by atoms with Crippen molar-refractivity contribution in [2.24, 2.45) is 22.2 Å². The Labute approximate surface area is 101 Å². The number of nitrogens with two attached hydrogens (primary N) is 1. The van der Waals surface area contributed by atoms with Crippen LogP contribution in [0.5, 0.6) is 0 Å². The number of rotatable bonds is 4.